The van der Waals surface area contributed by atoms with E-state index in [2.05, 4.69) is 4.74 Å². The predicted molar refractivity (Wildman–Crippen MR) is 70.1 cm³/mol. The number of nitrogens with zero attached hydrogens (tertiary/aromatic N) is 1. The van der Waals surface area contributed by atoms with Gasteiger partial charge in [-0.1, -0.05) is 0 Å². The van der Waals surface area contributed by atoms with Gasteiger partial charge in [-0.15, -0.1) is 0 Å². The summed E-state index contributed by atoms with van der Waals surface area (Å²) in [5, 5.41) is 0.326. The Bertz CT molecular complexity index is 625. The fraction of sp³-hybridized carbons (Fsp3) is 0.357. The zero-order chi connectivity index (χ0) is 14.2. The molecule has 2 rings (SSSR count). The van der Waals surface area contributed by atoms with Gasteiger partial charge < -0.3 is 9.47 Å². The van der Waals surface area contributed by atoms with E-state index < -0.39 is 17.5 Å². The van der Waals surface area contributed by atoms with Gasteiger partial charge >= 0.3 is 6.09 Å². The maximum atomic E-state index is 14.3. The van der Waals surface area contributed by atoms with Crippen LogP contribution in [0.2, 0.25) is 0 Å². The van der Waals surface area contributed by atoms with E-state index in [4.69, 9.17) is 4.74 Å². The van der Waals surface area contributed by atoms with E-state index in [1.807, 2.05) is 20.8 Å². The number of rotatable bonds is 1. The number of hydrogen-bond donors (Lipinski definition) is 0. The fourth-order valence-electron chi connectivity index (χ4n) is 1.83. The number of benzene rings is 1. The molecule has 19 heavy (non-hydrogen) atoms. The van der Waals surface area contributed by atoms with Crippen molar-refractivity contribution < 1.29 is 18.7 Å². The molecule has 0 amide bonds. The van der Waals surface area contributed by atoms with E-state index in [9.17, 15) is 9.18 Å². The standard InChI is InChI=1S/C14H16FNO3/c1-14(2,3)19-11-6-5-10-9(12(11)15)7-8-16(10)13(17)18-4/h5-8H,1-4H3. The van der Waals surface area contributed by atoms with Crippen molar-refractivity contribution in [2.75, 3.05) is 7.11 Å². The minimum absolute atomic E-state index is 0.169. The van der Waals surface area contributed by atoms with Gasteiger partial charge in [-0.05, 0) is 39.0 Å². The summed E-state index contributed by atoms with van der Waals surface area (Å²) in [4.78, 5) is 11.5. The van der Waals surface area contributed by atoms with Crippen molar-refractivity contribution in [2.45, 2.75) is 26.4 Å². The summed E-state index contributed by atoms with van der Waals surface area (Å²) in [6.45, 7) is 5.53. The Labute approximate surface area is 110 Å². The number of hydrogen-bond acceptors (Lipinski definition) is 3. The van der Waals surface area contributed by atoms with Crippen molar-refractivity contribution in [1.82, 2.24) is 4.57 Å². The van der Waals surface area contributed by atoms with E-state index >= 15 is 0 Å². The molecule has 0 spiro atoms. The van der Waals surface area contributed by atoms with Crippen LogP contribution in [0.4, 0.5) is 9.18 Å². The van der Waals surface area contributed by atoms with Gasteiger partial charge in [0.2, 0.25) is 0 Å². The first kappa shape index (κ1) is 13.4. The minimum atomic E-state index is -0.557. The average molecular weight is 265 g/mol. The maximum absolute atomic E-state index is 14.3. The molecule has 2 aromatic rings. The highest BCUT2D eigenvalue weighted by Crippen LogP contribution is 2.29. The molecule has 0 fully saturated rings. The normalized spacial score (nSPS) is 11.6. The zero-order valence-corrected chi connectivity index (χ0v) is 11.4. The van der Waals surface area contributed by atoms with Crippen molar-refractivity contribution in [3.63, 3.8) is 0 Å². The first-order valence-corrected chi connectivity index (χ1v) is 5.90. The Morgan fingerprint density at radius 3 is 2.53 bits per heavy atom. The monoisotopic (exact) mass is 265 g/mol. The fourth-order valence-corrected chi connectivity index (χ4v) is 1.83. The summed E-state index contributed by atoms with van der Waals surface area (Å²) < 4.78 is 25.7. The lowest BCUT2D eigenvalue weighted by Crippen LogP contribution is -2.23. The molecule has 0 atom stereocenters. The van der Waals surface area contributed by atoms with Gasteiger partial charge in [0.05, 0.1) is 12.6 Å². The molecule has 1 aromatic carbocycles. The second-order valence-corrected chi connectivity index (χ2v) is 5.18. The number of halogens is 1. The summed E-state index contributed by atoms with van der Waals surface area (Å²) in [7, 11) is 1.28. The predicted octanol–water partition coefficient (Wildman–Crippen LogP) is 3.57. The van der Waals surface area contributed by atoms with E-state index in [0.717, 1.165) is 0 Å². The van der Waals surface area contributed by atoms with E-state index in [-0.39, 0.29) is 5.75 Å². The highest BCUT2D eigenvalue weighted by molar-refractivity contribution is 5.90. The van der Waals surface area contributed by atoms with Gasteiger partial charge in [0.25, 0.3) is 0 Å². The maximum Gasteiger partial charge on any atom is 0.418 e. The first-order chi connectivity index (χ1) is 8.83. The molecular weight excluding hydrogens is 249 g/mol. The molecule has 0 aliphatic heterocycles. The van der Waals surface area contributed by atoms with Crippen LogP contribution in [0.25, 0.3) is 10.9 Å². The van der Waals surface area contributed by atoms with Crippen LogP contribution in [0, 0.1) is 5.82 Å². The Morgan fingerprint density at radius 1 is 1.26 bits per heavy atom. The van der Waals surface area contributed by atoms with Crippen LogP contribution < -0.4 is 4.74 Å². The van der Waals surface area contributed by atoms with Crippen molar-refractivity contribution >= 4 is 17.0 Å². The third kappa shape index (κ3) is 2.54. The molecule has 0 saturated heterocycles. The van der Waals surface area contributed by atoms with Crippen LogP contribution in [-0.4, -0.2) is 23.4 Å². The largest absolute Gasteiger partial charge is 0.485 e. The summed E-state index contributed by atoms with van der Waals surface area (Å²) in [5.74, 6) is -0.308. The topological polar surface area (TPSA) is 40.5 Å². The Kier molecular flexibility index (Phi) is 3.22. The highest BCUT2D eigenvalue weighted by atomic mass is 19.1. The molecule has 0 radical (unpaired) electrons. The van der Waals surface area contributed by atoms with Crippen LogP contribution in [0.15, 0.2) is 24.4 Å². The van der Waals surface area contributed by atoms with Gasteiger partial charge in [-0.2, -0.15) is 0 Å². The van der Waals surface area contributed by atoms with Crippen LogP contribution >= 0.6 is 0 Å². The van der Waals surface area contributed by atoms with E-state index in [1.165, 1.54) is 30.0 Å². The van der Waals surface area contributed by atoms with Crippen molar-refractivity contribution in [3.05, 3.63) is 30.2 Å². The molecule has 0 bridgehead atoms. The van der Waals surface area contributed by atoms with Gasteiger partial charge in [0.15, 0.2) is 11.6 Å². The number of aromatic nitrogens is 1. The lowest BCUT2D eigenvalue weighted by molar-refractivity contribution is 0.125. The number of carbonyl (C=O) groups excluding carboxylic acids is 1. The van der Waals surface area contributed by atoms with Crippen LogP contribution in [-0.2, 0) is 4.74 Å². The number of fused-ring (bicyclic) bond motifs is 1. The summed E-state index contributed by atoms with van der Waals surface area (Å²) in [6.07, 6.45) is 0.916. The van der Waals surface area contributed by atoms with Gasteiger partial charge in [0.1, 0.15) is 5.60 Å². The molecule has 102 valence electrons. The molecule has 0 aliphatic carbocycles. The molecule has 0 saturated carbocycles. The molecule has 5 heteroatoms. The molecular formula is C14H16FNO3. The lowest BCUT2D eigenvalue weighted by Gasteiger charge is -2.21. The smallest absolute Gasteiger partial charge is 0.418 e. The quantitative estimate of drug-likeness (QED) is 0.791. The average Bonchev–Trinajstić information content (AvgIpc) is 2.75. The third-order valence-electron chi connectivity index (χ3n) is 2.56. The van der Waals surface area contributed by atoms with Crippen LogP contribution in [0.1, 0.15) is 20.8 Å². The molecule has 0 aliphatic rings. The summed E-state index contributed by atoms with van der Waals surface area (Å²) >= 11 is 0. The lowest BCUT2D eigenvalue weighted by atomic mass is 10.1. The van der Waals surface area contributed by atoms with Crippen molar-refractivity contribution in [1.29, 1.82) is 0 Å². The van der Waals surface area contributed by atoms with Crippen LogP contribution in [0.3, 0.4) is 0 Å². The number of methoxy groups -OCH3 is 1. The second kappa shape index (κ2) is 4.57. The SMILES string of the molecule is COC(=O)n1ccc2c(F)c(OC(C)(C)C)ccc21. The first-order valence-electron chi connectivity index (χ1n) is 5.90. The minimum Gasteiger partial charge on any atom is -0.485 e. The third-order valence-corrected chi connectivity index (χ3v) is 2.56. The molecule has 0 N–H and O–H groups in total. The second-order valence-electron chi connectivity index (χ2n) is 5.18. The van der Waals surface area contributed by atoms with E-state index in [1.54, 1.807) is 6.07 Å². The summed E-state index contributed by atoms with van der Waals surface area (Å²) in [5.41, 5.74) is -0.0370. The molecule has 1 aromatic heterocycles. The molecule has 0 unspecified atom stereocenters. The molecule has 4 nitrogen and oxygen atoms in total. The Balaban J connectivity index is 2.52. The Hall–Kier alpha value is -2.04. The van der Waals surface area contributed by atoms with E-state index in [0.29, 0.717) is 10.9 Å². The summed E-state index contributed by atoms with van der Waals surface area (Å²) in [6, 6.07) is 4.68. The number of carbonyl (C=O) groups is 1. The van der Waals surface area contributed by atoms with Crippen molar-refractivity contribution in [3.8, 4) is 5.75 Å². The zero-order valence-electron chi connectivity index (χ0n) is 11.4. The van der Waals surface area contributed by atoms with Gasteiger partial charge in [-0.3, -0.25) is 4.57 Å². The van der Waals surface area contributed by atoms with Gasteiger partial charge in [-0.25, -0.2) is 9.18 Å². The Morgan fingerprint density at radius 2 is 1.95 bits per heavy atom. The highest BCUT2D eigenvalue weighted by Gasteiger charge is 2.19. The van der Waals surface area contributed by atoms with Gasteiger partial charge in [0, 0.05) is 11.6 Å². The number of ether oxygens (including phenoxy) is 2. The molecule has 1 heterocycles. The van der Waals surface area contributed by atoms with Crippen LogP contribution in [0.5, 0.6) is 5.75 Å². The van der Waals surface area contributed by atoms with Crippen molar-refractivity contribution in [2.24, 2.45) is 0 Å².